The van der Waals surface area contributed by atoms with E-state index in [2.05, 4.69) is 5.32 Å². The zero-order valence-electron chi connectivity index (χ0n) is 10.5. The maximum absolute atomic E-state index is 11.9. The number of nitrogens with zero attached hydrogens (tertiary/aromatic N) is 1. The lowest BCUT2D eigenvalue weighted by Gasteiger charge is -2.34. The Morgan fingerprint density at radius 3 is 2.83 bits per heavy atom. The minimum atomic E-state index is -2.94. The average molecular weight is 286 g/mol. The fourth-order valence-electron chi connectivity index (χ4n) is 2.98. The molecule has 1 N–H and O–H groups in total. The lowest BCUT2D eigenvalue weighted by Crippen LogP contribution is -2.49. The van der Waals surface area contributed by atoms with E-state index in [1.54, 1.807) is 11.3 Å². The van der Waals surface area contributed by atoms with Gasteiger partial charge in [0.2, 0.25) is 0 Å². The first-order chi connectivity index (χ1) is 8.55. The fraction of sp³-hybridized carbons (Fsp3) is 0.750. The van der Waals surface area contributed by atoms with Crippen molar-refractivity contribution in [3.05, 3.63) is 15.6 Å². The highest BCUT2D eigenvalue weighted by atomic mass is 32.2. The zero-order chi connectivity index (χ0) is 12.8. The Morgan fingerprint density at radius 1 is 1.33 bits per heavy atom. The summed E-state index contributed by atoms with van der Waals surface area (Å²) in [4.78, 5) is 6.08. The van der Waals surface area contributed by atoms with Gasteiger partial charge in [0, 0.05) is 4.88 Å². The molecule has 1 atom stereocenters. The molecule has 1 aliphatic carbocycles. The second-order valence-corrected chi connectivity index (χ2v) is 8.54. The van der Waals surface area contributed by atoms with Crippen molar-refractivity contribution in [2.45, 2.75) is 37.6 Å². The van der Waals surface area contributed by atoms with Crippen LogP contribution in [0.5, 0.6) is 0 Å². The molecule has 0 amide bonds. The molecular weight excluding hydrogens is 268 g/mol. The summed E-state index contributed by atoms with van der Waals surface area (Å²) in [6.45, 7) is 0. The Balaban J connectivity index is 2.00. The van der Waals surface area contributed by atoms with E-state index in [4.69, 9.17) is 4.98 Å². The molecule has 1 unspecified atom stereocenters. The molecule has 0 bridgehead atoms. The van der Waals surface area contributed by atoms with E-state index in [0.29, 0.717) is 5.75 Å². The molecule has 100 valence electrons. The first-order valence-electron chi connectivity index (χ1n) is 6.43. The molecule has 4 nitrogen and oxygen atoms in total. The number of hydrogen-bond donors (Lipinski definition) is 1. The van der Waals surface area contributed by atoms with E-state index < -0.39 is 15.4 Å². The van der Waals surface area contributed by atoms with E-state index in [1.807, 2.05) is 7.05 Å². The number of fused-ring (bicyclic) bond motifs is 1. The topological polar surface area (TPSA) is 59.1 Å². The Bertz CT molecular complexity index is 543. The molecule has 1 fully saturated rings. The van der Waals surface area contributed by atoms with Crippen LogP contribution in [0.4, 0.5) is 0 Å². The highest BCUT2D eigenvalue weighted by molar-refractivity contribution is 7.91. The van der Waals surface area contributed by atoms with Crippen LogP contribution in [-0.2, 0) is 28.2 Å². The predicted molar refractivity (Wildman–Crippen MR) is 72.8 cm³/mol. The summed E-state index contributed by atoms with van der Waals surface area (Å²) in [6, 6.07) is 0. The minimum Gasteiger partial charge on any atom is -0.308 e. The SMILES string of the molecule is CNC1(c2nc3c(s2)CCC3)CCCS(=O)(=O)C1. The first kappa shape index (κ1) is 12.6. The standard InChI is InChI=1S/C12H18N2O2S2/c1-13-12(6-3-7-18(15,16)8-12)11-14-9-4-2-5-10(9)17-11/h13H,2-8H2,1H3. The van der Waals surface area contributed by atoms with Gasteiger partial charge in [0.1, 0.15) is 5.01 Å². The molecule has 2 heterocycles. The quantitative estimate of drug-likeness (QED) is 0.889. The maximum Gasteiger partial charge on any atom is 0.152 e. The second kappa shape index (κ2) is 4.28. The Hall–Kier alpha value is -0.460. The summed E-state index contributed by atoms with van der Waals surface area (Å²) < 4.78 is 23.8. The highest BCUT2D eigenvalue weighted by Gasteiger charge is 2.42. The molecule has 0 spiro atoms. The minimum absolute atomic E-state index is 0.197. The summed E-state index contributed by atoms with van der Waals surface area (Å²) in [6.07, 6.45) is 4.96. The van der Waals surface area contributed by atoms with Crippen molar-refractivity contribution < 1.29 is 8.42 Å². The molecular formula is C12H18N2O2S2. The highest BCUT2D eigenvalue weighted by Crippen LogP contribution is 2.38. The van der Waals surface area contributed by atoms with Gasteiger partial charge >= 0.3 is 0 Å². The third kappa shape index (κ3) is 2.00. The molecule has 1 aromatic heterocycles. The predicted octanol–water partition coefficient (Wildman–Crippen LogP) is 1.26. The van der Waals surface area contributed by atoms with E-state index in [1.165, 1.54) is 17.0 Å². The first-order valence-corrected chi connectivity index (χ1v) is 9.07. The number of hydrogen-bond acceptors (Lipinski definition) is 5. The normalized spacial score (nSPS) is 30.3. The van der Waals surface area contributed by atoms with Gasteiger partial charge in [-0.2, -0.15) is 0 Å². The Morgan fingerprint density at radius 2 is 2.17 bits per heavy atom. The van der Waals surface area contributed by atoms with Crippen LogP contribution < -0.4 is 5.32 Å². The van der Waals surface area contributed by atoms with Crippen molar-refractivity contribution in [2.75, 3.05) is 18.6 Å². The van der Waals surface area contributed by atoms with E-state index >= 15 is 0 Å². The summed E-state index contributed by atoms with van der Waals surface area (Å²) >= 11 is 1.71. The summed E-state index contributed by atoms with van der Waals surface area (Å²) in [5, 5.41) is 4.23. The van der Waals surface area contributed by atoms with Crippen LogP contribution in [0.25, 0.3) is 0 Å². The van der Waals surface area contributed by atoms with Crippen molar-refractivity contribution >= 4 is 21.2 Å². The number of sulfone groups is 1. The van der Waals surface area contributed by atoms with Crippen molar-refractivity contribution in [3.63, 3.8) is 0 Å². The number of rotatable bonds is 2. The van der Waals surface area contributed by atoms with Crippen LogP contribution in [0.1, 0.15) is 34.8 Å². The third-order valence-corrected chi connectivity index (χ3v) is 7.21. The van der Waals surface area contributed by atoms with Gasteiger partial charge in [-0.05, 0) is 39.2 Å². The molecule has 1 aromatic rings. The van der Waals surface area contributed by atoms with Gasteiger partial charge in [0.25, 0.3) is 0 Å². The van der Waals surface area contributed by atoms with Crippen molar-refractivity contribution in [1.82, 2.24) is 10.3 Å². The maximum atomic E-state index is 11.9. The van der Waals surface area contributed by atoms with Gasteiger partial charge in [0.15, 0.2) is 9.84 Å². The van der Waals surface area contributed by atoms with Gasteiger partial charge in [-0.1, -0.05) is 0 Å². The lowest BCUT2D eigenvalue weighted by atomic mass is 9.96. The largest absolute Gasteiger partial charge is 0.308 e. The molecule has 1 saturated heterocycles. The molecule has 1 aliphatic heterocycles. The summed E-state index contributed by atoms with van der Waals surface area (Å²) in [5.41, 5.74) is 0.763. The molecule has 0 saturated carbocycles. The Kier molecular flexibility index (Phi) is 2.99. The molecule has 3 rings (SSSR count). The van der Waals surface area contributed by atoms with Gasteiger partial charge in [-0.25, -0.2) is 13.4 Å². The van der Waals surface area contributed by atoms with Crippen LogP contribution >= 0.6 is 11.3 Å². The monoisotopic (exact) mass is 286 g/mol. The molecule has 18 heavy (non-hydrogen) atoms. The number of thiazole rings is 1. The van der Waals surface area contributed by atoms with Crippen LogP contribution in [-0.4, -0.2) is 32.0 Å². The van der Waals surface area contributed by atoms with E-state index in [9.17, 15) is 8.42 Å². The summed E-state index contributed by atoms with van der Waals surface area (Å²) in [5.74, 6) is 0.518. The van der Waals surface area contributed by atoms with Crippen LogP contribution in [0, 0.1) is 0 Å². The summed E-state index contributed by atoms with van der Waals surface area (Å²) in [7, 11) is -1.08. The van der Waals surface area contributed by atoms with Crippen molar-refractivity contribution in [1.29, 1.82) is 0 Å². The smallest absolute Gasteiger partial charge is 0.152 e. The number of aromatic nitrogens is 1. The van der Waals surface area contributed by atoms with Crippen molar-refractivity contribution in [3.8, 4) is 0 Å². The fourth-order valence-corrected chi connectivity index (χ4v) is 6.35. The van der Waals surface area contributed by atoms with Crippen molar-refractivity contribution in [2.24, 2.45) is 0 Å². The molecule has 0 radical (unpaired) electrons. The second-order valence-electron chi connectivity index (χ2n) is 5.27. The average Bonchev–Trinajstić information content (AvgIpc) is 2.87. The lowest BCUT2D eigenvalue weighted by molar-refractivity contribution is 0.351. The van der Waals surface area contributed by atoms with Gasteiger partial charge < -0.3 is 5.32 Å². The van der Waals surface area contributed by atoms with Crippen LogP contribution in [0.2, 0.25) is 0 Å². The van der Waals surface area contributed by atoms with E-state index in [-0.39, 0.29) is 5.75 Å². The molecule has 2 aliphatic rings. The van der Waals surface area contributed by atoms with Crippen LogP contribution in [0.3, 0.4) is 0 Å². The molecule has 0 aromatic carbocycles. The third-order valence-electron chi connectivity index (χ3n) is 4.01. The number of aryl methyl sites for hydroxylation is 2. The van der Waals surface area contributed by atoms with Crippen LogP contribution in [0.15, 0.2) is 0 Å². The van der Waals surface area contributed by atoms with Gasteiger partial charge in [-0.15, -0.1) is 11.3 Å². The zero-order valence-corrected chi connectivity index (χ0v) is 12.2. The van der Waals surface area contributed by atoms with Gasteiger partial charge in [0.05, 0.1) is 22.7 Å². The van der Waals surface area contributed by atoms with E-state index in [0.717, 1.165) is 30.7 Å². The van der Waals surface area contributed by atoms with Gasteiger partial charge in [-0.3, -0.25) is 0 Å². The Labute approximate surface area is 112 Å². The number of nitrogens with one attached hydrogen (secondary N) is 1. The molecule has 6 heteroatoms.